The van der Waals surface area contributed by atoms with E-state index in [1.807, 2.05) is 17.5 Å². The third-order valence-corrected chi connectivity index (χ3v) is 5.64. The Hall–Kier alpha value is -3.11. The van der Waals surface area contributed by atoms with Crippen LogP contribution in [-0.4, -0.2) is 39.0 Å². The molecule has 10 heteroatoms. The lowest BCUT2D eigenvalue weighted by atomic mass is 9.97. The van der Waals surface area contributed by atoms with Crippen molar-refractivity contribution in [2.24, 2.45) is 5.92 Å². The van der Waals surface area contributed by atoms with E-state index in [4.69, 9.17) is 4.52 Å². The van der Waals surface area contributed by atoms with Gasteiger partial charge in [-0.05, 0) is 36.9 Å². The number of anilines is 1. The summed E-state index contributed by atoms with van der Waals surface area (Å²) in [5.41, 5.74) is 0.379. The van der Waals surface area contributed by atoms with Gasteiger partial charge in [0, 0.05) is 24.4 Å². The first kappa shape index (κ1) is 19.2. The molecule has 29 heavy (non-hydrogen) atoms. The smallest absolute Gasteiger partial charge is 0.271 e. The minimum absolute atomic E-state index is 0.0500. The van der Waals surface area contributed by atoms with Gasteiger partial charge in [-0.25, -0.2) is 0 Å². The molecular formula is C19H19N5O4S. The predicted octanol–water partition coefficient (Wildman–Crippen LogP) is 3.56. The van der Waals surface area contributed by atoms with Gasteiger partial charge in [0.1, 0.15) is 0 Å². The topological polar surface area (TPSA) is 114 Å². The Morgan fingerprint density at radius 1 is 1.38 bits per heavy atom. The lowest BCUT2D eigenvalue weighted by Crippen LogP contribution is -2.40. The zero-order valence-electron chi connectivity index (χ0n) is 15.5. The van der Waals surface area contributed by atoms with E-state index in [0.717, 1.165) is 24.3 Å². The van der Waals surface area contributed by atoms with Gasteiger partial charge in [0.25, 0.3) is 5.69 Å². The van der Waals surface area contributed by atoms with Crippen molar-refractivity contribution >= 4 is 28.6 Å². The number of amides is 1. The lowest BCUT2D eigenvalue weighted by Gasteiger charge is -2.30. The maximum atomic E-state index is 12.6. The summed E-state index contributed by atoms with van der Waals surface area (Å²) in [5, 5.41) is 19.7. The number of carbonyl (C=O) groups excluding carboxylic acids is 1. The summed E-state index contributed by atoms with van der Waals surface area (Å²) in [6, 6.07) is 9.84. The third-order valence-electron chi connectivity index (χ3n) is 4.77. The molecule has 3 aromatic rings. The van der Waals surface area contributed by atoms with Gasteiger partial charge in [-0.15, -0.1) is 11.3 Å². The summed E-state index contributed by atoms with van der Waals surface area (Å²) < 4.78 is 5.36. The average Bonchev–Trinajstić information content (AvgIpc) is 3.40. The summed E-state index contributed by atoms with van der Waals surface area (Å²) in [7, 11) is 0. The minimum atomic E-state index is -0.479. The molecule has 4 rings (SSSR count). The summed E-state index contributed by atoms with van der Waals surface area (Å²) in [6.45, 7) is 1.90. The fraction of sp³-hybridized carbons (Fsp3) is 0.316. The zero-order chi connectivity index (χ0) is 20.2. The first-order valence-electron chi connectivity index (χ1n) is 9.22. The minimum Gasteiger partial charge on any atom is -0.338 e. The van der Waals surface area contributed by atoms with E-state index in [1.54, 1.807) is 23.5 Å². The molecular weight excluding hydrogens is 394 g/mol. The van der Waals surface area contributed by atoms with Crippen molar-refractivity contribution in [1.29, 1.82) is 0 Å². The number of nitro benzene ring substituents is 1. The number of thiophene rings is 1. The molecule has 1 atom stereocenters. The second kappa shape index (κ2) is 8.50. The highest BCUT2D eigenvalue weighted by Crippen LogP contribution is 2.24. The van der Waals surface area contributed by atoms with E-state index in [2.05, 4.69) is 20.4 Å². The highest BCUT2D eigenvalue weighted by Gasteiger charge is 2.27. The average molecular weight is 413 g/mol. The van der Waals surface area contributed by atoms with E-state index in [9.17, 15) is 14.9 Å². The zero-order valence-corrected chi connectivity index (χ0v) is 16.3. The van der Waals surface area contributed by atoms with Gasteiger partial charge in [-0.1, -0.05) is 17.3 Å². The number of rotatable bonds is 6. The molecule has 1 N–H and O–H groups in total. The van der Waals surface area contributed by atoms with Crippen LogP contribution >= 0.6 is 11.3 Å². The van der Waals surface area contributed by atoms with Crippen LogP contribution in [0.3, 0.4) is 0 Å². The number of hydrogen-bond donors (Lipinski definition) is 1. The first-order chi connectivity index (χ1) is 14.1. The van der Waals surface area contributed by atoms with Crippen molar-refractivity contribution in [3.05, 3.63) is 57.8 Å². The molecule has 2 aromatic heterocycles. The summed E-state index contributed by atoms with van der Waals surface area (Å²) >= 11 is 1.55. The molecule has 1 amide bonds. The largest absolute Gasteiger partial charge is 0.338 e. The Bertz CT molecular complexity index is 1000. The van der Waals surface area contributed by atoms with E-state index < -0.39 is 4.92 Å². The maximum Gasteiger partial charge on any atom is 0.271 e. The molecule has 1 saturated heterocycles. The second-order valence-electron chi connectivity index (χ2n) is 6.86. The lowest BCUT2D eigenvalue weighted by molar-refractivity contribution is -0.384. The van der Waals surface area contributed by atoms with Crippen LogP contribution in [-0.2, 0) is 11.3 Å². The fourth-order valence-corrected chi connectivity index (χ4v) is 4.02. The predicted molar refractivity (Wildman–Crippen MR) is 107 cm³/mol. The quantitative estimate of drug-likeness (QED) is 0.485. The van der Waals surface area contributed by atoms with Crippen LogP contribution in [0, 0.1) is 16.0 Å². The van der Waals surface area contributed by atoms with Crippen molar-refractivity contribution in [2.45, 2.75) is 19.4 Å². The molecule has 1 unspecified atom stereocenters. The number of non-ortho nitro benzene ring substituents is 1. The molecule has 0 aliphatic carbocycles. The molecule has 150 valence electrons. The fourth-order valence-electron chi connectivity index (χ4n) is 3.37. The number of piperidine rings is 1. The molecule has 3 heterocycles. The van der Waals surface area contributed by atoms with Crippen LogP contribution in [0.4, 0.5) is 11.4 Å². The monoisotopic (exact) mass is 413 g/mol. The van der Waals surface area contributed by atoms with E-state index in [0.29, 0.717) is 30.5 Å². The van der Waals surface area contributed by atoms with Crippen LogP contribution in [0.25, 0.3) is 10.7 Å². The Balaban J connectivity index is 1.36. The van der Waals surface area contributed by atoms with Crippen molar-refractivity contribution in [3.8, 4) is 10.7 Å². The standard InChI is InChI=1S/C19H19N5O4S/c25-19(20-14-5-1-6-15(10-14)24(26)27)13-4-2-8-23(11-13)12-17-21-18(22-28-17)16-7-3-9-29-16/h1,3,5-7,9-10,13H,2,4,8,11-12H2,(H,20,25). The Labute approximate surface area is 170 Å². The van der Waals surface area contributed by atoms with Crippen molar-refractivity contribution < 1.29 is 14.2 Å². The van der Waals surface area contributed by atoms with Crippen molar-refractivity contribution in [1.82, 2.24) is 15.0 Å². The molecule has 0 spiro atoms. The number of nitro groups is 1. The van der Waals surface area contributed by atoms with Gasteiger partial charge in [-0.3, -0.25) is 19.8 Å². The normalized spacial score (nSPS) is 17.2. The number of nitrogens with zero attached hydrogens (tertiary/aromatic N) is 4. The van der Waals surface area contributed by atoms with Gasteiger partial charge >= 0.3 is 0 Å². The van der Waals surface area contributed by atoms with Crippen molar-refractivity contribution in [2.75, 3.05) is 18.4 Å². The molecule has 1 fully saturated rings. The SMILES string of the molecule is O=C(Nc1cccc([N+](=O)[O-])c1)C1CCCN(Cc2nc(-c3cccs3)no2)C1. The van der Waals surface area contributed by atoms with Gasteiger partial charge in [-0.2, -0.15) is 4.98 Å². The summed E-state index contributed by atoms with van der Waals surface area (Å²) in [5.74, 6) is 0.753. The van der Waals surface area contributed by atoms with Crippen LogP contribution in [0.2, 0.25) is 0 Å². The molecule has 1 aromatic carbocycles. The van der Waals surface area contributed by atoms with Crippen LogP contribution in [0.1, 0.15) is 18.7 Å². The molecule has 1 aliphatic heterocycles. The highest BCUT2D eigenvalue weighted by molar-refractivity contribution is 7.13. The molecule has 0 bridgehead atoms. The number of hydrogen-bond acceptors (Lipinski definition) is 8. The van der Waals surface area contributed by atoms with E-state index >= 15 is 0 Å². The molecule has 0 radical (unpaired) electrons. The first-order valence-corrected chi connectivity index (χ1v) is 10.1. The van der Waals surface area contributed by atoms with Gasteiger partial charge in [0.2, 0.25) is 17.6 Å². The summed E-state index contributed by atoms with van der Waals surface area (Å²) in [4.78, 5) is 30.6. The van der Waals surface area contributed by atoms with Crippen LogP contribution in [0.15, 0.2) is 46.3 Å². The van der Waals surface area contributed by atoms with Gasteiger partial charge in [0.05, 0.1) is 22.3 Å². The van der Waals surface area contributed by atoms with Gasteiger partial charge in [0.15, 0.2) is 0 Å². The van der Waals surface area contributed by atoms with E-state index in [-0.39, 0.29) is 17.5 Å². The number of benzene rings is 1. The van der Waals surface area contributed by atoms with Gasteiger partial charge < -0.3 is 9.84 Å². The van der Waals surface area contributed by atoms with Crippen LogP contribution < -0.4 is 5.32 Å². The third kappa shape index (κ3) is 4.66. The molecule has 0 saturated carbocycles. The highest BCUT2D eigenvalue weighted by atomic mass is 32.1. The number of likely N-dealkylation sites (tertiary alicyclic amines) is 1. The maximum absolute atomic E-state index is 12.6. The number of carbonyl (C=O) groups is 1. The number of aromatic nitrogens is 2. The van der Waals surface area contributed by atoms with Crippen molar-refractivity contribution in [3.63, 3.8) is 0 Å². The van der Waals surface area contributed by atoms with E-state index in [1.165, 1.54) is 12.1 Å². The second-order valence-corrected chi connectivity index (χ2v) is 7.81. The molecule has 9 nitrogen and oxygen atoms in total. The Kier molecular flexibility index (Phi) is 5.63. The summed E-state index contributed by atoms with van der Waals surface area (Å²) in [6.07, 6.45) is 1.64. The number of nitrogens with one attached hydrogen (secondary N) is 1. The molecule has 1 aliphatic rings. The Morgan fingerprint density at radius 3 is 3.07 bits per heavy atom. The van der Waals surface area contributed by atoms with Crippen LogP contribution in [0.5, 0.6) is 0 Å². The Morgan fingerprint density at radius 2 is 2.28 bits per heavy atom.